The number of aliphatic hydroxyl groups excluding tert-OH is 1. The van der Waals surface area contributed by atoms with Crippen molar-refractivity contribution < 1.29 is 46.9 Å². The van der Waals surface area contributed by atoms with Gasteiger partial charge in [-0.2, -0.15) is 9.29 Å². The predicted octanol–water partition coefficient (Wildman–Crippen LogP) is -0.962. The molecule has 2 unspecified atom stereocenters. The molecule has 1 aliphatic rings. The van der Waals surface area contributed by atoms with Gasteiger partial charge in [0.05, 0.1) is 6.61 Å². The number of ether oxygens (including phenoxy) is 1. The van der Waals surface area contributed by atoms with E-state index in [0.29, 0.717) is 4.57 Å². The van der Waals surface area contributed by atoms with E-state index in [1.165, 1.54) is 6.07 Å². The number of nitrogens with zero attached hydrogens (tertiary/aromatic N) is 2. The Morgan fingerprint density at radius 3 is 2.62 bits per heavy atom. The second-order valence-corrected chi connectivity index (χ2v) is 8.33. The maximum absolute atomic E-state index is 14.8. The molecule has 0 aromatic carbocycles. The molecule has 1 aromatic rings. The summed E-state index contributed by atoms with van der Waals surface area (Å²) in [5, 5.41) is 10.0. The first-order chi connectivity index (χ1) is 11.7. The number of phosphoric ester groups is 1. The van der Waals surface area contributed by atoms with Gasteiger partial charge in [-0.05, 0) is 13.0 Å². The minimum Gasteiger partial charge on any atom is -0.387 e. The fourth-order valence-electron chi connectivity index (χ4n) is 2.28. The lowest BCUT2D eigenvalue weighted by molar-refractivity contribution is -0.0603. The maximum Gasteiger partial charge on any atom is 0.481 e. The van der Waals surface area contributed by atoms with Crippen LogP contribution in [0.3, 0.4) is 0 Å². The van der Waals surface area contributed by atoms with Crippen molar-refractivity contribution in [1.82, 2.24) is 9.55 Å². The second-order valence-electron chi connectivity index (χ2n) is 5.50. The van der Waals surface area contributed by atoms with Gasteiger partial charge in [0.15, 0.2) is 11.9 Å². The van der Waals surface area contributed by atoms with E-state index in [1.807, 2.05) is 0 Å². The summed E-state index contributed by atoms with van der Waals surface area (Å²) < 4.78 is 50.6. The Morgan fingerprint density at radius 2 is 2.08 bits per heavy atom. The molecule has 13 nitrogen and oxygen atoms in total. The highest BCUT2D eigenvalue weighted by molar-refractivity contribution is 7.60. The third kappa shape index (κ3) is 4.74. The normalized spacial score (nSPS) is 31.7. The van der Waals surface area contributed by atoms with Gasteiger partial charge in [-0.1, -0.05) is 0 Å². The van der Waals surface area contributed by atoms with E-state index in [0.717, 1.165) is 13.1 Å². The average Bonchev–Trinajstić information content (AvgIpc) is 2.66. The minimum absolute atomic E-state index is 0.124. The first-order valence-corrected chi connectivity index (χ1v) is 9.87. The summed E-state index contributed by atoms with van der Waals surface area (Å²) >= 11 is 0. The molecule has 2 heterocycles. The number of halogens is 1. The van der Waals surface area contributed by atoms with Crippen LogP contribution in [0.15, 0.2) is 17.1 Å². The molecule has 0 bridgehead atoms. The number of phosphoric acid groups is 2. The molecule has 0 saturated carbocycles. The lowest BCUT2D eigenvalue weighted by atomic mass is 9.98. The van der Waals surface area contributed by atoms with Gasteiger partial charge in [0, 0.05) is 6.20 Å². The SMILES string of the molecule is CC1(F)[C@@H](O)[C@@H](COP(=O)(O)OP(=O)(O)O)O[C@H]1n1ccc(N)nc1=O. The highest BCUT2D eigenvalue weighted by Crippen LogP contribution is 2.58. The second kappa shape index (κ2) is 7.08. The third-order valence-electron chi connectivity index (χ3n) is 3.43. The van der Waals surface area contributed by atoms with Gasteiger partial charge in [-0.3, -0.25) is 9.09 Å². The zero-order valence-corrected chi connectivity index (χ0v) is 14.9. The van der Waals surface area contributed by atoms with Crippen LogP contribution in [-0.4, -0.2) is 53.8 Å². The molecule has 16 heteroatoms. The van der Waals surface area contributed by atoms with E-state index in [9.17, 15) is 28.3 Å². The van der Waals surface area contributed by atoms with Crippen molar-refractivity contribution in [2.24, 2.45) is 0 Å². The van der Waals surface area contributed by atoms with Gasteiger partial charge < -0.3 is 30.3 Å². The molecule has 1 aliphatic heterocycles. The Kier molecular flexibility index (Phi) is 5.74. The van der Waals surface area contributed by atoms with Crippen molar-refractivity contribution >= 4 is 21.5 Å². The zero-order valence-electron chi connectivity index (χ0n) is 13.1. The molecule has 1 fully saturated rings. The van der Waals surface area contributed by atoms with Crippen LogP contribution in [0.5, 0.6) is 0 Å². The van der Waals surface area contributed by atoms with Crippen LogP contribution in [0, 0.1) is 0 Å². The van der Waals surface area contributed by atoms with Crippen molar-refractivity contribution in [1.29, 1.82) is 0 Å². The number of anilines is 1. The maximum atomic E-state index is 14.8. The first kappa shape index (κ1) is 21.1. The van der Waals surface area contributed by atoms with Crippen molar-refractivity contribution in [3.05, 3.63) is 22.7 Å². The fourth-order valence-corrected chi connectivity index (χ4v) is 3.88. The molecule has 1 aromatic heterocycles. The van der Waals surface area contributed by atoms with Crippen LogP contribution >= 0.6 is 15.6 Å². The van der Waals surface area contributed by atoms with Crippen LogP contribution in [-0.2, 0) is 22.7 Å². The summed E-state index contributed by atoms with van der Waals surface area (Å²) in [4.78, 5) is 41.4. The van der Waals surface area contributed by atoms with Crippen LogP contribution < -0.4 is 11.4 Å². The van der Waals surface area contributed by atoms with Gasteiger partial charge in [-0.25, -0.2) is 18.3 Å². The topological polar surface area (TPSA) is 204 Å². The Hall–Kier alpha value is -1.21. The summed E-state index contributed by atoms with van der Waals surface area (Å²) in [6, 6.07) is 1.19. The molecule has 5 atom stereocenters. The number of aromatic nitrogens is 2. The summed E-state index contributed by atoms with van der Waals surface area (Å²) in [6.07, 6.45) is -4.09. The van der Waals surface area contributed by atoms with Gasteiger partial charge in [-0.15, -0.1) is 0 Å². The number of alkyl halides is 1. The quantitative estimate of drug-likeness (QED) is 0.354. The summed E-state index contributed by atoms with van der Waals surface area (Å²) in [5.41, 5.74) is 1.82. The van der Waals surface area contributed by atoms with Gasteiger partial charge >= 0.3 is 21.3 Å². The van der Waals surface area contributed by atoms with E-state index in [-0.39, 0.29) is 5.82 Å². The molecule has 0 radical (unpaired) electrons. The van der Waals surface area contributed by atoms with Crippen molar-refractivity contribution in [2.45, 2.75) is 31.0 Å². The smallest absolute Gasteiger partial charge is 0.387 e. The molecule has 26 heavy (non-hydrogen) atoms. The lowest BCUT2D eigenvalue weighted by Gasteiger charge is -2.24. The monoisotopic (exact) mass is 419 g/mol. The minimum atomic E-state index is -5.34. The van der Waals surface area contributed by atoms with Gasteiger partial charge in [0.25, 0.3) is 0 Å². The third-order valence-corrected chi connectivity index (χ3v) is 5.58. The Morgan fingerprint density at radius 1 is 1.46 bits per heavy atom. The standard InChI is InChI=1S/C10H16FN3O10P2/c1-10(11)7(15)5(4-22-26(20,21)24-25(17,18)19)23-8(10)14-3-2-6(12)13-9(14)16/h2-3,5,7-8,15H,4H2,1H3,(H,20,21)(H2,12,13,16)(H2,17,18,19)/t5-,7+,8-,10?/m1/s1. The molecule has 0 spiro atoms. The number of hydrogen-bond acceptors (Lipinski definition) is 9. The number of rotatable bonds is 6. The molecule has 1 saturated heterocycles. The van der Waals surface area contributed by atoms with Crippen molar-refractivity contribution in [2.75, 3.05) is 12.3 Å². The largest absolute Gasteiger partial charge is 0.481 e. The number of nitrogens with two attached hydrogens (primary N) is 1. The highest BCUT2D eigenvalue weighted by Gasteiger charge is 2.55. The van der Waals surface area contributed by atoms with Crippen LogP contribution in [0.4, 0.5) is 10.2 Å². The van der Waals surface area contributed by atoms with Crippen LogP contribution in [0.2, 0.25) is 0 Å². The molecular formula is C10H16FN3O10P2. The van der Waals surface area contributed by atoms with Crippen molar-refractivity contribution in [3.8, 4) is 0 Å². The molecule has 0 aliphatic carbocycles. The van der Waals surface area contributed by atoms with Crippen LogP contribution in [0.1, 0.15) is 13.2 Å². The van der Waals surface area contributed by atoms with E-state index in [1.54, 1.807) is 0 Å². The summed E-state index contributed by atoms with van der Waals surface area (Å²) in [6.45, 7) is -0.0576. The number of hydrogen-bond donors (Lipinski definition) is 5. The lowest BCUT2D eigenvalue weighted by Crippen LogP contribution is -2.43. The summed E-state index contributed by atoms with van der Waals surface area (Å²) in [5.74, 6) is -0.124. The Bertz CT molecular complexity index is 826. The van der Waals surface area contributed by atoms with Gasteiger partial charge in [0.1, 0.15) is 18.0 Å². The van der Waals surface area contributed by atoms with E-state index >= 15 is 0 Å². The molecule has 0 amide bonds. The zero-order chi connectivity index (χ0) is 19.9. The molecule has 148 valence electrons. The fraction of sp³-hybridized carbons (Fsp3) is 0.600. The highest BCUT2D eigenvalue weighted by atomic mass is 31.3. The number of nitrogen functional groups attached to an aromatic ring is 1. The first-order valence-electron chi connectivity index (χ1n) is 6.84. The molecular weight excluding hydrogens is 403 g/mol. The molecule has 6 N–H and O–H groups in total. The Labute approximate surface area is 145 Å². The average molecular weight is 419 g/mol. The molecule has 2 rings (SSSR count). The Balaban J connectivity index is 2.17. The van der Waals surface area contributed by atoms with Gasteiger partial charge in [0.2, 0.25) is 0 Å². The number of aliphatic hydroxyl groups is 1. The van der Waals surface area contributed by atoms with Crippen molar-refractivity contribution in [3.63, 3.8) is 0 Å². The van der Waals surface area contributed by atoms with E-state index in [4.69, 9.17) is 20.3 Å². The van der Waals surface area contributed by atoms with Crippen LogP contribution in [0.25, 0.3) is 0 Å². The predicted molar refractivity (Wildman–Crippen MR) is 81.2 cm³/mol. The van der Waals surface area contributed by atoms with E-state index in [2.05, 4.69) is 13.8 Å². The van der Waals surface area contributed by atoms with E-state index < -0.39 is 52.0 Å². The summed E-state index contributed by atoms with van der Waals surface area (Å²) in [7, 11) is -10.6.